The van der Waals surface area contributed by atoms with Crippen molar-refractivity contribution >= 4 is 23.7 Å². The topological polar surface area (TPSA) is 52.7 Å². The molecule has 21 heavy (non-hydrogen) atoms. The van der Waals surface area contributed by atoms with Crippen molar-refractivity contribution in [1.29, 1.82) is 0 Å². The van der Waals surface area contributed by atoms with Crippen molar-refractivity contribution in [2.24, 2.45) is 0 Å². The molecule has 2 saturated heterocycles. The molecule has 0 aliphatic carbocycles. The summed E-state index contributed by atoms with van der Waals surface area (Å²) in [5, 5.41) is 2.42. The van der Waals surface area contributed by atoms with Crippen LogP contribution >= 0.6 is 0 Å². The van der Waals surface area contributed by atoms with E-state index in [-0.39, 0.29) is 11.3 Å². The molecule has 0 unspecified atom stereocenters. The molecule has 110 valence electrons. The van der Waals surface area contributed by atoms with E-state index >= 15 is 0 Å². The Hall–Kier alpha value is -2.37. The van der Waals surface area contributed by atoms with E-state index in [4.69, 9.17) is 0 Å². The van der Waals surface area contributed by atoms with Gasteiger partial charge < -0.3 is 10.2 Å². The van der Waals surface area contributed by atoms with Crippen LogP contribution in [0.5, 0.6) is 0 Å². The van der Waals surface area contributed by atoms with Crippen LogP contribution in [0.25, 0.3) is 6.08 Å². The first-order chi connectivity index (χ1) is 10.1. The van der Waals surface area contributed by atoms with Crippen LogP contribution in [0, 0.1) is 5.82 Å². The van der Waals surface area contributed by atoms with Gasteiger partial charge in [0.2, 0.25) is 0 Å². The average molecular weight is 289 g/mol. The van der Waals surface area contributed by atoms with Gasteiger partial charge >= 0.3 is 6.03 Å². The van der Waals surface area contributed by atoms with E-state index in [1.54, 1.807) is 6.07 Å². The second-order valence-electron chi connectivity index (χ2n) is 5.25. The first kappa shape index (κ1) is 13.6. The highest BCUT2D eigenvalue weighted by Crippen LogP contribution is 2.24. The fourth-order valence-electron chi connectivity index (χ4n) is 2.58. The summed E-state index contributed by atoms with van der Waals surface area (Å²) in [6.45, 7) is 1.89. The fraction of sp³-hybridized carbons (Fsp3) is 0.333. The molecular formula is C15H16FN3O2. The Bertz CT molecular complexity index is 636. The van der Waals surface area contributed by atoms with Crippen molar-refractivity contribution in [3.63, 3.8) is 0 Å². The van der Waals surface area contributed by atoms with Crippen molar-refractivity contribution in [1.82, 2.24) is 10.2 Å². The number of likely N-dealkylation sites (N-methyl/N-ethyl adjacent to an activating group) is 1. The number of anilines is 1. The van der Waals surface area contributed by atoms with Crippen molar-refractivity contribution in [3.8, 4) is 0 Å². The molecule has 2 aliphatic rings. The Balaban J connectivity index is 1.86. The maximum Gasteiger partial charge on any atom is 0.328 e. The molecule has 1 aromatic rings. The number of carbonyl (C=O) groups excluding carboxylic acids is 2. The number of amides is 3. The second-order valence-corrected chi connectivity index (χ2v) is 5.25. The van der Waals surface area contributed by atoms with Gasteiger partial charge in [0.1, 0.15) is 11.5 Å². The largest absolute Gasteiger partial charge is 0.371 e. The Morgan fingerprint density at radius 1 is 1.24 bits per heavy atom. The van der Waals surface area contributed by atoms with E-state index in [9.17, 15) is 14.0 Å². The quantitative estimate of drug-likeness (QED) is 0.669. The monoisotopic (exact) mass is 289 g/mol. The van der Waals surface area contributed by atoms with Gasteiger partial charge in [-0.3, -0.25) is 9.69 Å². The van der Waals surface area contributed by atoms with E-state index in [1.165, 1.54) is 19.2 Å². The van der Waals surface area contributed by atoms with Gasteiger partial charge in [-0.1, -0.05) is 0 Å². The minimum atomic E-state index is -0.500. The molecule has 0 bridgehead atoms. The van der Waals surface area contributed by atoms with Gasteiger partial charge in [0.05, 0.1) is 0 Å². The van der Waals surface area contributed by atoms with Crippen molar-refractivity contribution < 1.29 is 14.0 Å². The highest BCUT2D eigenvalue weighted by Gasteiger charge is 2.30. The summed E-state index contributed by atoms with van der Waals surface area (Å²) in [5.74, 6) is -0.855. The standard InChI is InChI=1S/C15H16FN3O2/c1-18-14(20)13(17-15(18)21)8-10-4-5-11(9-12(10)16)19-6-2-3-7-19/h4-5,8-9H,2-3,6-7H2,1H3,(H,17,21)/b13-8+. The zero-order valence-corrected chi connectivity index (χ0v) is 11.7. The molecule has 2 aliphatic heterocycles. The predicted molar refractivity (Wildman–Crippen MR) is 77.1 cm³/mol. The molecule has 0 spiro atoms. The van der Waals surface area contributed by atoms with Crippen LogP contribution in [0.3, 0.4) is 0 Å². The minimum Gasteiger partial charge on any atom is -0.371 e. The summed E-state index contributed by atoms with van der Waals surface area (Å²) in [7, 11) is 1.38. The maximum absolute atomic E-state index is 14.2. The number of benzene rings is 1. The number of hydrogen-bond donors (Lipinski definition) is 1. The molecule has 0 atom stereocenters. The first-order valence-electron chi connectivity index (χ1n) is 6.91. The van der Waals surface area contributed by atoms with Crippen LogP contribution in [0.4, 0.5) is 14.9 Å². The van der Waals surface area contributed by atoms with Crippen LogP contribution < -0.4 is 10.2 Å². The molecular weight excluding hydrogens is 273 g/mol. The van der Waals surface area contributed by atoms with Gasteiger partial charge in [-0.05, 0) is 37.1 Å². The third kappa shape index (κ3) is 2.49. The molecule has 1 N–H and O–H groups in total. The lowest BCUT2D eigenvalue weighted by Crippen LogP contribution is -2.25. The van der Waals surface area contributed by atoms with E-state index in [1.807, 2.05) is 6.07 Å². The number of nitrogens with one attached hydrogen (secondary N) is 1. The predicted octanol–water partition coefficient (Wildman–Crippen LogP) is 1.95. The third-order valence-corrected chi connectivity index (χ3v) is 3.84. The number of rotatable bonds is 2. The molecule has 2 heterocycles. The number of imide groups is 1. The zero-order chi connectivity index (χ0) is 15.0. The van der Waals surface area contributed by atoms with Crippen LogP contribution in [0.1, 0.15) is 18.4 Å². The summed E-state index contributed by atoms with van der Waals surface area (Å²) >= 11 is 0. The lowest BCUT2D eigenvalue weighted by Gasteiger charge is -2.17. The van der Waals surface area contributed by atoms with Crippen LogP contribution in [-0.4, -0.2) is 37.0 Å². The highest BCUT2D eigenvalue weighted by atomic mass is 19.1. The van der Waals surface area contributed by atoms with Gasteiger partial charge in [0.15, 0.2) is 0 Å². The Morgan fingerprint density at radius 3 is 2.52 bits per heavy atom. The zero-order valence-electron chi connectivity index (χ0n) is 11.7. The Labute approximate surface area is 122 Å². The summed E-state index contributed by atoms with van der Waals surface area (Å²) < 4.78 is 14.2. The summed E-state index contributed by atoms with van der Waals surface area (Å²) in [5.41, 5.74) is 1.23. The van der Waals surface area contributed by atoms with Crippen LogP contribution in [0.2, 0.25) is 0 Å². The minimum absolute atomic E-state index is 0.0929. The first-order valence-corrected chi connectivity index (χ1v) is 6.91. The van der Waals surface area contributed by atoms with E-state index in [2.05, 4.69) is 10.2 Å². The SMILES string of the molecule is CN1C(=O)N/C(=C/c2ccc(N3CCCC3)cc2F)C1=O. The Morgan fingerprint density at radius 2 is 1.95 bits per heavy atom. The van der Waals surface area contributed by atoms with Crippen LogP contribution in [0.15, 0.2) is 23.9 Å². The number of urea groups is 1. The van der Waals surface area contributed by atoms with Crippen molar-refractivity contribution in [3.05, 3.63) is 35.3 Å². The normalized spacial score (nSPS) is 20.6. The summed E-state index contributed by atoms with van der Waals surface area (Å²) in [4.78, 5) is 26.2. The Kier molecular flexibility index (Phi) is 3.37. The second kappa shape index (κ2) is 5.20. The molecule has 1 aromatic carbocycles. The average Bonchev–Trinajstić information content (AvgIpc) is 3.07. The van der Waals surface area contributed by atoms with Gasteiger partial charge in [0.25, 0.3) is 5.91 Å². The number of hydrogen-bond acceptors (Lipinski definition) is 3. The molecule has 5 nitrogen and oxygen atoms in total. The molecule has 3 rings (SSSR count). The number of nitrogens with zero attached hydrogens (tertiary/aromatic N) is 2. The lowest BCUT2D eigenvalue weighted by atomic mass is 10.1. The van der Waals surface area contributed by atoms with Crippen molar-refractivity contribution in [2.45, 2.75) is 12.8 Å². The van der Waals surface area contributed by atoms with Crippen molar-refractivity contribution in [2.75, 3.05) is 25.0 Å². The van der Waals surface area contributed by atoms with Gasteiger partial charge in [-0.25, -0.2) is 9.18 Å². The maximum atomic E-state index is 14.2. The van der Waals surface area contributed by atoms with Gasteiger partial charge in [-0.15, -0.1) is 0 Å². The molecule has 0 saturated carbocycles. The fourth-order valence-corrected chi connectivity index (χ4v) is 2.58. The third-order valence-electron chi connectivity index (χ3n) is 3.84. The van der Waals surface area contributed by atoms with Crippen LogP contribution in [-0.2, 0) is 4.79 Å². The molecule has 2 fully saturated rings. The van der Waals surface area contributed by atoms with E-state index < -0.39 is 17.8 Å². The summed E-state index contributed by atoms with van der Waals surface area (Å²) in [6.07, 6.45) is 3.62. The summed E-state index contributed by atoms with van der Waals surface area (Å²) in [6, 6.07) is 4.45. The van der Waals surface area contributed by atoms with Gasteiger partial charge in [-0.2, -0.15) is 0 Å². The number of halogens is 1. The molecule has 3 amide bonds. The molecule has 6 heteroatoms. The smallest absolute Gasteiger partial charge is 0.328 e. The van der Waals surface area contributed by atoms with Gasteiger partial charge in [0, 0.05) is 31.4 Å². The molecule has 0 radical (unpaired) electrons. The van der Waals surface area contributed by atoms with E-state index in [0.717, 1.165) is 36.5 Å². The highest BCUT2D eigenvalue weighted by molar-refractivity contribution is 6.13. The number of carbonyl (C=O) groups is 2. The van der Waals surface area contributed by atoms with E-state index in [0.29, 0.717) is 0 Å². The molecule has 0 aromatic heterocycles. The lowest BCUT2D eigenvalue weighted by molar-refractivity contribution is -0.121.